The summed E-state index contributed by atoms with van der Waals surface area (Å²) in [7, 11) is 1.42. The van der Waals surface area contributed by atoms with Crippen LogP contribution in [0.15, 0.2) is 28.6 Å². The standard InChI is InChI=1S/C14H10F3N3OS2/c1-19-12(21)7-23-13-8(6-18)9(14(15,16)17)5-10(20-13)11-3-2-4-22-11/h2-5H,7H2,1H3,(H,19,21). The molecule has 1 N–H and O–H groups in total. The molecule has 0 aliphatic heterocycles. The van der Waals surface area contributed by atoms with Crippen molar-refractivity contribution < 1.29 is 18.0 Å². The van der Waals surface area contributed by atoms with Crippen molar-refractivity contribution in [3.8, 4) is 16.6 Å². The van der Waals surface area contributed by atoms with Gasteiger partial charge in [-0.3, -0.25) is 4.79 Å². The smallest absolute Gasteiger partial charge is 0.358 e. The molecule has 2 rings (SSSR count). The number of thioether (sulfide) groups is 1. The number of halogens is 3. The highest BCUT2D eigenvalue weighted by molar-refractivity contribution is 8.00. The molecule has 9 heteroatoms. The molecule has 2 heterocycles. The first-order valence-corrected chi connectivity index (χ1v) is 8.13. The van der Waals surface area contributed by atoms with Crippen LogP contribution in [0.5, 0.6) is 0 Å². The van der Waals surface area contributed by atoms with Crippen molar-refractivity contribution >= 4 is 29.0 Å². The molecule has 23 heavy (non-hydrogen) atoms. The van der Waals surface area contributed by atoms with Gasteiger partial charge in [0.15, 0.2) is 0 Å². The second-order valence-electron chi connectivity index (χ2n) is 4.28. The summed E-state index contributed by atoms with van der Waals surface area (Å²) in [4.78, 5) is 16.0. The lowest BCUT2D eigenvalue weighted by molar-refractivity contribution is -0.138. The Bertz CT molecular complexity index is 752. The summed E-state index contributed by atoms with van der Waals surface area (Å²) < 4.78 is 39.7. The predicted octanol–water partition coefficient (Wildman–Crippen LogP) is 3.54. The Hall–Kier alpha value is -2.05. The van der Waals surface area contributed by atoms with E-state index in [0.717, 1.165) is 17.8 Å². The molecule has 0 aromatic carbocycles. The van der Waals surface area contributed by atoms with Gasteiger partial charge in [-0.15, -0.1) is 11.3 Å². The number of thiophene rings is 1. The van der Waals surface area contributed by atoms with Crippen LogP contribution in [0.25, 0.3) is 10.6 Å². The molecule has 0 bridgehead atoms. The topological polar surface area (TPSA) is 65.8 Å². The fraction of sp³-hybridized carbons (Fsp3) is 0.214. The van der Waals surface area contributed by atoms with Crippen molar-refractivity contribution in [3.05, 3.63) is 34.7 Å². The number of amides is 1. The number of hydrogen-bond donors (Lipinski definition) is 1. The zero-order chi connectivity index (χ0) is 17.0. The second-order valence-corrected chi connectivity index (χ2v) is 6.20. The summed E-state index contributed by atoms with van der Waals surface area (Å²) in [5, 5.41) is 13.1. The number of nitriles is 1. The molecular formula is C14H10F3N3OS2. The Morgan fingerprint density at radius 1 is 1.52 bits per heavy atom. The summed E-state index contributed by atoms with van der Waals surface area (Å²) >= 11 is 2.05. The van der Waals surface area contributed by atoms with E-state index in [-0.39, 0.29) is 22.4 Å². The molecule has 0 saturated carbocycles. The van der Waals surface area contributed by atoms with Crippen LogP contribution in [-0.2, 0) is 11.0 Å². The monoisotopic (exact) mass is 357 g/mol. The van der Waals surface area contributed by atoms with E-state index in [2.05, 4.69) is 10.3 Å². The molecule has 4 nitrogen and oxygen atoms in total. The zero-order valence-corrected chi connectivity index (χ0v) is 13.4. The first kappa shape index (κ1) is 17.3. The molecule has 2 aromatic rings. The van der Waals surface area contributed by atoms with Crippen molar-refractivity contribution in [1.82, 2.24) is 10.3 Å². The highest BCUT2D eigenvalue weighted by Gasteiger charge is 2.36. The Morgan fingerprint density at radius 2 is 2.26 bits per heavy atom. The van der Waals surface area contributed by atoms with Crippen LogP contribution in [0.2, 0.25) is 0 Å². The number of nitrogens with zero attached hydrogens (tertiary/aromatic N) is 2. The fourth-order valence-corrected chi connectivity index (χ4v) is 3.28. The first-order valence-electron chi connectivity index (χ1n) is 6.26. The van der Waals surface area contributed by atoms with Crippen LogP contribution in [0.4, 0.5) is 13.2 Å². The number of rotatable bonds is 4. The Kier molecular flexibility index (Phi) is 5.28. The molecule has 0 atom stereocenters. The third-order valence-electron chi connectivity index (χ3n) is 2.80. The zero-order valence-electron chi connectivity index (χ0n) is 11.8. The minimum Gasteiger partial charge on any atom is -0.358 e. The summed E-state index contributed by atoms with van der Waals surface area (Å²) in [6, 6.07) is 5.77. The Labute approximate surface area is 138 Å². The molecule has 0 radical (unpaired) electrons. The maximum atomic E-state index is 13.2. The number of hydrogen-bond acceptors (Lipinski definition) is 5. The molecule has 120 valence electrons. The summed E-state index contributed by atoms with van der Waals surface area (Å²) in [6.07, 6.45) is -4.68. The molecule has 0 spiro atoms. The van der Waals surface area contributed by atoms with Gasteiger partial charge in [0.25, 0.3) is 0 Å². The first-order chi connectivity index (χ1) is 10.9. The van der Waals surface area contributed by atoms with E-state index in [1.165, 1.54) is 18.4 Å². The van der Waals surface area contributed by atoms with Crippen molar-refractivity contribution in [2.75, 3.05) is 12.8 Å². The van der Waals surface area contributed by atoms with Gasteiger partial charge in [0.2, 0.25) is 5.91 Å². The van der Waals surface area contributed by atoms with Gasteiger partial charge in [-0.1, -0.05) is 17.8 Å². The molecule has 0 aliphatic carbocycles. The summed E-state index contributed by atoms with van der Waals surface area (Å²) in [5.74, 6) is -0.487. The lowest BCUT2D eigenvalue weighted by Crippen LogP contribution is -2.20. The fourth-order valence-electron chi connectivity index (χ4n) is 1.71. The van der Waals surface area contributed by atoms with E-state index in [0.29, 0.717) is 4.88 Å². The van der Waals surface area contributed by atoms with Crippen LogP contribution in [0.1, 0.15) is 11.1 Å². The Morgan fingerprint density at radius 3 is 2.78 bits per heavy atom. The summed E-state index contributed by atoms with van der Waals surface area (Å²) in [6.45, 7) is 0. The number of nitrogens with one attached hydrogen (secondary N) is 1. The van der Waals surface area contributed by atoms with Crippen molar-refractivity contribution in [2.24, 2.45) is 0 Å². The molecule has 0 aliphatic rings. The average molecular weight is 357 g/mol. The van der Waals surface area contributed by atoms with E-state index < -0.39 is 17.3 Å². The van der Waals surface area contributed by atoms with Crippen molar-refractivity contribution in [1.29, 1.82) is 5.26 Å². The number of alkyl halides is 3. The highest BCUT2D eigenvalue weighted by atomic mass is 32.2. The van der Waals surface area contributed by atoms with Crippen molar-refractivity contribution in [3.63, 3.8) is 0 Å². The maximum absolute atomic E-state index is 13.2. The van der Waals surface area contributed by atoms with Gasteiger partial charge in [0.05, 0.1) is 27.5 Å². The number of pyridine rings is 1. The normalized spacial score (nSPS) is 11.1. The van der Waals surface area contributed by atoms with Gasteiger partial charge in [-0.25, -0.2) is 4.98 Å². The molecule has 0 fully saturated rings. The van der Waals surface area contributed by atoms with Gasteiger partial charge in [-0.05, 0) is 17.5 Å². The van der Waals surface area contributed by atoms with Gasteiger partial charge in [0, 0.05) is 7.05 Å². The molecule has 2 aromatic heterocycles. The van der Waals surface area contributed by atoms with Crippen LogP contribution in [0, 0.1) is 11.3 Å². The highest BCUT2D eigenvalue weighted by Crippen LogP contribution is 2.38. The minimum atomic E-state index is -4.68. The quantitative estimate of drug-likeness (QED) is 0.850. The average Bonchev–Trinajstić information content (AvgIpc) is 3.05. The van der Waals surface area contributed by atoms with E-state index >= 15 is 0 Å². The predicted molar refractivity (Wildman–Crippen MR) is 82.1 cm³/mol. The molecule has 1 amide bonds. The van der Waals surface area contributed by atoms with Gasteiger partial charge >= 0.3 is 6.18 Å². The lowest BCUT2D eigenvalue weighted by atomic mass is 10.1. The Balaban J connectivity index is 2.56. The number of carbonyl (C=O) groups excluding carboxylic acids is 1. The SMILES string of the molecule is CNC(=O)CSc1nc(-c2cccs2)cc(C(F)(F)F)c1C#N. The minimum absolute atomic E-state index is 0.102. The van der Waals surface area contributed by atoms with E-state index in [4.69, 9.17) is 5.26 Å². The molecule has 0 unspecified atom stereocenters. The van der Waals surface area contributed by atoms with E-state index in [9.17, 15) is 18.0 Å². The van der Waals surface area contributed by atoms with Gasteiger partial charge < -0.3 is 5.32 Å². The number of carbonyl (C=O) groups is 1. The molecular weight excluding hydrogens is 347 g/mol. The maximum Gasteiger partial charge on any atom is 0.417 e. The third kappa shape index (κ3) is 4.03. The van der Waals surface area contributed by atoms with E-state index in [1.54, 1.807) is 23.6 Å². The largest absolute Gasteiger partial charge is 0.417 e. The van der Waals surface area contributed by atoms with Crippen LogP contribution in [0.3, 0.4) is 0 Å². The van der Waals surface area contributed by atoms with Crippen LogP contribution >= 0.6 is 23.1 Å². The van der Waals surface area contributed by atoms with Crippen LogP contribution in [-0.4, -0.2) is 23.7 Å². The summed E-state index contributed by atoms with van der Waals surface area (Å²) in [5.41, 5.74) is -1.48. The van der Waals surface area contributed by atoms with Crippen LogP contribution < -0.4 is 5.32 Å². The lowest BCUT2D eigenvalue weighted by Gasteiger charge is -2.13. The number of aromatic nitrogens is 1. The van der Waals surface area contributed by atoms with E-state index in [1.807, 2.05) is 0 Å². The molecule has 0 saturated heterocycles. The van der Waals surface area contributed by atoms with Gasteiger partial charge in [-0.2, -0.15) is 18.4 Å². The second kappa shape index (κ2) is 7.02. The third-order valence-corrected chi connectivity index (χ3v) is 4.66. The van der Waals surface area contributed by atoms with Crippen molar-refractivity contribution in [2.45, 2.75) is 11.2 Å². The van der Waals surface area contributed by atoms with Gasteiger partial charge in [0.1, 0.15) is 11.1 Å².